The summed E-state index contributed by atoms with van der Waals surface area (Å²) < 4.78 is 25.0. The van der Waals surface area contributed by atoms with Gasteiger partial charge in [0.1, 0.15) is 0 Å². The molecule has 0 radical (unpaired) electrons. The summed E-state index contributed by atoms with van der Waals surface area (Å²) in [5.41, 5.74) is 1.85. The minimum Gasteiger partial charge on any atom is -0.372 e. The lowest BCUT2D eigenvalue weighted by Crippen LogP contribution is -2.38. The maximum Gasteiger partial charge on any atom is 0.239 e. The van der Waals surface area contributed by atoms with Crippen molar-refractivity contribution in [3.8, 4) is 0 Å². The molecule has 1 N–H and O–H groups in total. The van der Waals surface area contributed by atoms with Gasteiger partial charge in [0, 0.05) is 31.0 Å². The largest absolute Gasteiger partial charge is 0.372 e. The number of nitrogens with zero attached hydrogens (tertiary/aromatic N) is 2. The van der Waals surface area contributed by atoms with Crippen molar-refractivity contribution in [1.82, 2.24) is 4.31 Å². The number of nitrogens with one attached hydrogen (secondary N) is 1. The van der Waals surface area contributed by atoms with Crippen molar-refractivity contribution in [3.63, 3.8) is 0 Å². The summed E-state index contributed by atoms with van der Waals surface area (Å²) in [7, 11) is -3.39. The first-order valence-electron chi connectivity index (χ1n) is 9.89. The fraction of sp³-hybridized carbons (Fsp3) is 0.650. The maximum atomic E-state index is 12.3. The van der Waals surface area contributed by atoms with Crippen molar-refractivity contribution >= 4 is 27.3 Å². The Morgan fingerprint density at radius 3 is 2.37 bits per heavy atom. The fourth-order valence-electron chi connectivity index (χ4n) is 3.28. The minimum absolute atomic E-state index is 0.145. The van der Waals surface area contributed by atoms with Crippen LogP contribution < -0.4 is 10.2 Å². The van der Waals surface area contributed by atoms with E-state index in [-0.39, 0.29) is 12.5 Å². The first kappa shape index (κ1) is 21.7. The van der Waals surface area contributed by atoms with E-state index < -0.39 is 10.0 Å². The van der Waals surface area contributed by atoms with Gasteiger partial charge in [0.15, 0.2) is 0 Å². The van der Waals surface area contributed by atoms with Crippen LogP contribution in [0.15, 0.2) is 24.3 Å². The van der Waals surface area contributed by atoms with E-state index in [1.54, 1.807) is 0 Å². The standard InChI is InChI=1S/C20H33N3O3S/c1-4-5-6-13-23(27(3,25)26)16-20(24)21-18-7-9-19(10-8-18)22-14-11-17(2)12-15-22/h7-10,17H,4-6,11-16H2,1-3H3,(H,21,24). The number of hydrogen-bond acceptors (Lipinski definition) is 4. The molecule has 152 valence electrons. The van der Waals surface area contributed by atoms with Crippen LogP contribution in [0.1, 0.15) is 46.0 Å². The molecule has 1 aromatic carbocycles. The second-order valence-corrected chi connectivity index (χ2v) is 9.55. The molecule has 0 spiro atoms. The summed E-state index contributed by atoms with van der Waals surface area (Å²) in [6, 6.07) is 7.79. The fourth-order valence-corrected chi connectivity index (χ4v) is 4.10. The van der Waals surface area contributed by atoms with Crippen LogP contribution in [-0.2, 0) is 14.8 Å². The summed E-state index contributed by atoms with van der Waals surface area (Å²) >= 11 is 0. The number of carbonyl (C=O) groups is 1. The van der Waals surface area contributed by atoms with Gasteiger partial charge in [-0.1, -0.05) is 26.7 Å². The van der Waals surface area contributed by atoms with Gasteiger partial charge in [-0.05, 0) is 49.4 Å². The Kier molecular flexibility index (Phi) is 8.10. The van der Waals surface area contributed by atoms with Crippen LogP contribution in [0, 0.1) is 5.92 Å². The lowest BCUT2D eigenvalue weighted by molar-refractivity contribution is -0.116. The van der Waals surface area contributed by atoms with E-state index in [9.17, 15) is 13.2 Å². The number of benzene rings is 1. The highest BCUT2D eigenvalue weighted by atomic mass is 32.2. The first-order valence-corrected chi connectivity index (χ1v) is 11.7. The van der Waals surface area contributed by atoms with Crippen LogP contribution in [0.2, 0.25) is 0 Å². The van der Waals surface area contributed by atoms with E-state index in [4.69, 9.17) is 0 Å². The average Bonchev–Trinajstić information content (AvgIpc) is 2.61. The monoisotopic (exact) mass is 395 g/mol. The normalized spacial score (nSPS) is 15.9. The van der Waals surface area contributed by atoms with E-state index in [0.717, 1.165) is 50.2 Å². The third kappa shape index (κ3) is 7.14. The van der Waals surface area contributed by atoms with Gasteiger partial charge in [0.2, 0.25) is 15.9 Å². The topological polar surface area (TPSA) is 69.7 Å². The molecule has 1 amide bonds. The Hall–Kier alpha value is -1.60. The van der Waals surface area contributed by atoms with Gasteiger partial charge in [-0.25, -0.2) is 8.42 Å². The molecule has 1 aliphatic rings. The van der Waals surface area contributed by atoms with E-state index in [2.05, 4.69) is 24.1 Å². The number of carbonyl (C=O) groups excluding carboxylic acids is 1. The SMILES string of the molecule is CCCCCN(CC(=O)Nc1ccc(N2CCC(C)CC2)cc1)S(C)(=O)=O. The smallest absolute Gasteiger partial charge is 0.239 e. The lowest BCUT2D eigenvalue weighted by atomic mass is 9.99. The summed E-state index contributed by atoms with van der Waals surface area (Å²) in [6.45, 7) is 6.71. The maximum absolute atomic E-state index is 12.3. The Bertz CT molecular complexity index is 696. The van der Waals surface area contributed by atoms with Crippen LogP contribution in [0.5, 0.6) is 0 Å². The lowest BCUT2D eigenvalue weighted by Gasteiger charge is -2.32. The number of sulfonamides is 1. The number of unbranched alkanes of at least 4 members (excludes halogenated alkanes) is 2. The van der Waals surface area contributed by atoms with Crippen molar-refractivity contribution in [2.45, 2.75) is 46.0 Å². The van der Waals surface area contributed by atoms with Crippen LogP contribution in [0.4, 0.5) is 11.4 Å². The van der Waals surface area contributed by atoms with Gasteiger partial charge in [-0.15, -0.1) is 0 Å². The molecule has 1 fully saturated rings. The number of piperidine rings is 1. The second kappa shape index (κ2) is 10.1. The molecule has 0 aromatic heterocycles. The molecule has 0 unspecified atom stereocenters. The van der Waals surface area contributed by atoms with Gasteiger partial charge in [0.05, 0.1) is 12.8 Å². The summed E-state index contributed by atoms with van der Waals surface area (Å²) in [6.07, 6.45) is 6.28. The van der Waals surface area contributed by atoms with Crippen LogP contribution in [0.25, 0.3) is 0 Å². The quantitative estimate of drug-likeness (QED) is 0.651. The van der Waals surface area contributed by atoms with E-state index in [1.165, 1.54) is 17.1 Å². The summed E-state index contributed by atoms with van der Waals surface area (Å²) in [4.78, 5) is 14.7. The van der Waals surface area contributed by atoms with Crippen LogP contribution >= 0.6 is 0 Å². The molecule has 1 saturated heterocycles. The molecule has 0 atom stereocenters. The van der Waals surface area contributed by atoms with Gasteiger partial charge < -0.3 is 10.2 Å². The highest BCUT2D eigenvalue weighted by Crippen LogP contribution is 2.24. The molecule has 1 aliphatic heterocycles. The van der Waals surface area contributed by atoms with Crippen molar-refractivity contribution in [3.05, 3.63) is 24.3 Å². The molecule has 27 heavy (non-hydrogen) atoms. The Morgan fingerprint density at radius 1 is 1.19 bits per heavy atom. The van der Waals surface area contributed by atoms with E-state index in [0.29, 0.717) is 12.2 Å². The molecule has 0 saturated carbocycles. The minimum atomic E-state index is -3.39. The molecule has 0 bridgehead atoms. The summed E-state index contributed by atoms with van der Waals surface area (Å²) in [5, 5.41) is 2.81. The predicted molar refractivity (Wildman–Crippen MR) is 112 cm³/mol. The zero-order valence-corrected chi connectivity index (χ0v) is 17.6. The molecule has 6 nitrogen and oxygen atoms in total. The number of hydrogen-bond donors (Lipinski definition) is 1. The number of amides is 1. The van der Waals surface area contributed by atoms with Gasteiger partial charge in [-0.3, -0.25) is 4.79 Å². The molecule has 7 heteroatoms. The van der Waals surface area contributed by atoms with E-state index in [1.807, 2.05) is 24.3 Å². The second-order valence-electron chi connectivity index (χ2n) is 7.57. The average molecular weight is 396 g/mol. The van der Waals surface area contributed by atoms with Crippen LogP contribution in [-0.4, -0.2) is 51.1 Å². The number of rotatable bonds is 9. The Labute approximate surface area is 164 Å². The van der Waals surface area contributed by atoms with Gasteiger partial charge >= 0.3 is 0 Å². The Morgan fingerprint density at radius 2 is 1.81 bits per heavy atom. The number of anilines is 2. The van der Waals surface area contributed by atoms with Crippen molar-refractivity contribution in [2.75, 3.05) is 42.7 Å². The molecule has 0 aliphatic carbocycles. The summed E-state index contributed by atoms with van der Waals surface area (Å²) in [5.74, 6) is 0.478. The Balaban J connectivity index is 1.90. The molecular formula is C20H33N3O3S. The van der Waals surface area contributed by atoms with Crippen molar-refractivity contribution in [1.29, 1.82) is 0 Å². The highest BCUT2D eigenvalue weighted by molar-refractivity contribution is 7.88. The first-order chi connectivity index (χ1) is 12.8. The van der Waals surface area contributed by atoms with Crippen LogP contribution in [0.3, 0.4) is 0 Å². The third-order valence-electron chi connectivity index (χ3n) is 5.10. The molecular weight excluding hydrogens is 362 g/mol. The zero-order valence-electron chi connectivity index (χ0n) is 16.8. The molecule has 1 heterocycles. The van der Waals surface area contributed by atoms with Gasteiger partial charge in [0.25, 0.3) is 0 Å². The van der Waals surface area contributed by atoms with Crippen molar-refractivity contribution < 1.29 is 13.2 Å². The third-order valence-corrected chi connectivity index (χ3v) is 6.35. The van der Waals surface area contributed by atoms with Crippen molar-refractivity contribution in [2.24, 2.45) is 5.92 Å². The molecule has 2 rings (SSSR count). The zero-order chi connectivity index (χ0) is 19.9. The van der Waals surface area contributed by atoms with E-state index >= 15 is 0 Å². The molecule has 1 aromatic rings. The van der Waals surface area contributed by atoms with Gasteiger partial charge in [-0.2, -0.15) is 4.31 Å². The highest BCUT2D eigenvalue weighted by Gasteiger charge is 2.20. The predicted octanol–water partition coefficient (Wildman–Crippen LogP) is 3.31.